The highest BCUT2D eigenvalue weighted by molar-refractivity contribution is 5.29. The van der Waals surface area contributed by atoms with Crippen LogP contribution in [0.2, 0.25) is 0 Å². The maximum Gasteiger partial charge on any atom is 0.0501 e. The Morgan fingerprint density at radius 3 is 1.95 bits per heavy atom. The predicted octanol–water partition coefficient (Wildman–Crippen LogP) is 4.19. The van der Waals surface area contributed by atoms with Crippen LogP contribution in [-0.4, -0.2) is 31.1 Å². The van der Waals surface area contributed by atoms with E-state index in [9.17, 15) is 0 Å². The fourth-order valence-electron chi connectivity index (χ4n) is 2.40. The Morgan fingerprint density at radius 1 is 1.05 bits per heavy atom. The molecule has 1 rings (SSSR count). The van der Waals surface area contributed by atoms with Crippen molar-refractivity contribution in [2.45, 2.75) is 58.5 Å². The lowest BCUT2D eigenvalue weighted by Crippen LogP contribution is -2.49. The van der Waals surface area contributed by atoms with Crippen LogP contribution in [0.1, 0.15) is 64.1 Å². The molecule has 0 saturated carbocycles. The molecule has 1 unspecified atom stereocenters. The number of rotatable bonds is 7. The minimum absolute atomic E-state index is 0.0779. The first-order valence-corrected chi connectivity index (χ1v) is 7.81. The Morgan fingerprint density at radius 2 is 1.55 bits per heavy atom. The third-order valence-corrected chi connectivity index (χ3v) is 4.39. The van der Waals surface area contributed by atoms with Gasteiger partial charge >= 0.3 is 0 Å². The first-order chi connectivity index (χ1) is 9.30. The molecule has 2 nitrogen and oxygen atoms in total. The van der Waals surface area contributed by atoms with Crippen LogP contribution in [0.4, 0.5) is 0 Å². The van der Waals surface area contributed by atoms with Gasteiger partial charge in [0.1, 0.15) is 0 Å². The maximum atomic E-state index is 3.71. The van der Waals surface area contributed by atoms with E-state index in [-0.39, 0.29) is 5.54 Å². The molecule has 0 aliphatic rings. The molecule has 0 radical (unpaired) electrons. The van der Waals surface area contributed by atoms with E-state index in [1.54, 1.807) is 0 Å². The lowest BCUT2D eigenvalue weighted by atomic mass is 9.86. The van der Waals surface area contributed by atoms with Crippen LogP contribution in [0, 0.1) is 0 Å². The second kappa shape index (κ2) is 7.24. The quantitative estimate of drug-likeness (QED) is 0.803. The van der Waals surface area contributed by atoms with E-state index in [0.29, 0.717) is 12.0 Å². The number of hydrogen-bond acceptors (Lipinski definition) is 2. The summed E-state index contributed by atoms with van der Waals surface area (Å²) in [7, 11) is 4.31. The minimum atomic E-state index is 0.0779. The van der Waals surface area contributed by atoms with Gasteiger partial charge in [-0.25, -0.2) is 0 Å². The molecule has 1 aromatic rings. The molecule has 0 fully saturated rings. The molecular formula is C18H32N2. The second-order valence-electron chi connectivity index (χ2n) is 6.76. The van der Waals surface area contributed by atoms with Gasteiger partial charge in [0.2, 0.25) is 0 Å². The fourth-order valence-corrected chi connectivity index (χ4v) is 2.40. The van der Waals surface area contributed by atoms with Crippen LogP contribution >= 0.6 is 0 Å². The number of nitrogens with one attached hydrogen (secondary N) is 1. The minimum Gasteiger partial charge on any atom is -0.308 e. The van der Waals surface area contributed by atoms with Gasteiger partial charge in [0, 0.05) is 5.54 Å². The van der Waals surface area contributed by atoms with Crippen molar-refractivity contribution in [3.8, 4) is 0 Å². The summed E-state index contributed by atoms with van der Waals surface area (Å²) in [5, 5.41) is 3.71. The molecule has 0 saturated heterocycles. The Kier molecular flexibility index (Phi) is 6.22. The van der Waals surface area contributed by atoms with Crippen molar-refractivity contribution in [2.24, 2.45) is 0 Å². The van der Waals surface area contributed by atoms with Crippen LogP contribution in [0.3, 0.4) is 0 Å². The fraction of sp³-hybridized carbons (Fsp3) is 0.667. The van der Waals surface area contributed by atoms with E-state index >= 15 is 0 Å². The van der Waals surface area contributed by atoms with Gasteiger partial charge in [-0.3, -0.25) is 0 Å². The van der Waals surface area contributed by atoms with Gasteiger partial charge in [0.05, 0.1) is 6.04 Å². The number of hydrogen-bond donors (Lipinski definition) is 1. The van der Waals surface area contributed by atoms with Crippen molar-refractivity contribution in [2.75, 3.05) is 20.6 Å². The van der Waals surface area contributed by atoms with E-state index in [1.807, 2.05) is 0 Å². The predicted molar refractivity (Wildman–Crippen MR) is 89.3 cm³/mol. The molecule has 2 heteroatoms. The van der Waals surface area contributed by atoms with Crippen molar-refractivity contribution >= 4 is 0 Å². The lowest BCUT2D eigenvalue weighted by Gasteiger charge is -2.41. The summed E-state index contributed by atoms with van der Waals surface area (Å²) < 4.78 is 0. The summed E-state index contributed by atoms with van der Waals surface area (Å²) in [6, 6.07) is 9.46. The Hall–Kier alpha value is -0.860. The average molecular weight is 276 g/mol. The molecule has 1 aromatic carbocycles. The SMILES string of the molecule is CCCNC(c1ccc(C(C)C)cc1)C(C)(C)N(C)C. The van der Waals surface area contributed by atoms with Crippen LogP contribution in [0.15, 0.2) is 24.3 Å². The zero-order valence-electron chi connectivity index (χ0n) is 14.3. The molecule has 0 amide bonds. The van der Waals surface area contributed by atoms with Crippen LogP contribution in [-0.2, 0) is 0 Å². The normalized spacial score (nSPS) is 14.1. The van der Waals surface area contributed by atoms with E-state index in [0.717, 1.165) is 13.0 Å². The molecule has 1 N–H and O–H groups in total. The standard InChI is InChI=1S/C18H32N2/c1-8-13-19-17(18(4,5)20(6)7)16-11-9-15(10-12-16)14(2)3/h9-12,14,17,19H,8,13H2,1-7H3. The highest BCUT2D eigenvalue weighted by Crippen LogP contribution is 2.30. The third-order valence-electron chi connectivity index (χ3n) is 4.39. The van der Waals surface area contributed by atoms with Gasteiger partial charge in [-0.2, -0.15) is 0 Å². The lowest BCUT2D eigenvalue weighted by molar-refractivity contribution is 0.138. The monoisotopic (exact) mass is 276 g/mol. The molecule has 114 valence electrons. The molecule has 0 aliphatic carbocycles. The average Bonchev–Trinajstić information content (AvgIpc) is 2.39. The van der Waals surface area contributed by atoms with Crippen molar-refractivity contribution in [3.05, 3.63) is 35.4 Å². The molecular weight excluding hydrogens is 244 g/mol. The number of nitrogens with zero attached hydrogens (tertiary/aromatic N) is 1. The van der Waals surface area contributed by atoms with Crippen LogP contribution in [0.25, 0.3) is 0 Å². The van der Waals surface area contributed by atoms with Crippen molar-refractivity contribution in [1.82, 2.24) is 10.2 Å². The van der Waals surface area contributed by atoms with Crippen LogP contribution in [0.5, 0.6) is 0 Å². The van der Waals surface area contributed by atoms with Crippen molar-refractivity contribution in [3.63, 3.8) is 0 Å². The van der Waals surface area contributed by atoms with Gasteiger partial charge in [0.25, 0.3) is 0 Å². The van der Waals surface area contributed by atoms with Crippen molar-refractivity contribution < 1.29 is 0 Å². The zero-order chi connectivity index (χ0) is 15.3. The zero-order valence-corrected chi connectivity index (χ0v) is 14.3. The smallest absolute Gasteiger partial charge is 0.0501 e. The molecule has 0 bridgehead atoms. The summed E-state index contributed by atoms with van der Waals surface area (Å²) in [6.07, 6.45) is 1.16. The first kappa shape index (κ1) is 17.2. The summed E-state index contributed by atoms with van der Waals surface area (Å²) in [5.74, 6) is 0.591. The molecule has 0 heterocycles. The highest BCUT2D eigenvalue weighted by atomic mass is 15.2. The van der Waals surface area contributed by atoms with Gasteiger partial charge in [0.15, 0.2) is 0 Å². The summed E-state index contributed by atoms with van der Waals surface area (Å²) >= 11 is 0. The summed E-state index contributed by atoms with van der Waals surface area (Å²) in [6.45, 7) is 12.4. The third kappa shape index (κ3) is 4.07. The maximum absolute atomic E-state index is 3.71. The topological polar surface area (TPSA) is 15.3 Å². The molecule has 0 aliphatic heterocycles. The number of likely N-dealkylation sites (N-methyl/N-ethyl adjacent to an activating group) is 1. The molecule has 0 aromatic heterocycles. The van der Waals surface area contributed by atoms with Gasteiger partial charge in [-0.1, -0.05) is 45.0 Å². The second-order valence-corrected chi connectivity index (χ2v) is 6.76. The highest BCUT2D eigenvalue weighted by Gasteiger charge is 2.32. The van der Waals surface area contributed by atoms with Gasteiger partial charge in [-0.05, 0) is 58.0 Å². The first-order valence-electron chi connectivity index (χ1n) is 7.81. The Bertz CT molecular complexity index is 390. The van der Waals surface area contributed by atoms with E-state index < -0.39 is 0 Å². The van der Waals surface area contributed by atoms with Gasteiger partial charge < -0.3 is 10.2 Å². The summed E-state index contributed by atoms with van der Waals surface area (Å²) in [4.78, 5) is 2.30. The molecule has 0 spiro atoms. The largest absolute Gasteiger partial charge is 0.308 e. The molecule has 1 atom stereocenters. The van der Waals surface area contributed by atoms with Crippen molar-refractivity contribution in [1.29, 1.82) is 0 Å². The van der Waals surface area contributed by atoms with Crippen LogP contribution < -0.4 is 5.32 Å². The van der Waals surface area contributed by atoms with E-state index in [4.69, 9.17) is 0 Å². The summed E-state index contributed by atoms with van der Waals surface area (Å²) in [5.41, 5.74) is 2.86. The Balaban J connectivity index is 3.04. The van der Waals surface area contributed by atoms with E-state index in [2.05, 4.69) is 83.2 Å². The Labute approximate surface area is 125 Å². The molecule has 20 heavy (non-hydrogen) atoms. The van der Waals surface area contributed by atoms with E-state index in [1.165, 1.54) is 11.1 Å². The van der Waals surface area contributed by atoms with Gasteiger partial charge in [-0.15, -0.1) is 0 Å². The number of benzene rings is 1.